The van der Waals surface area contributed by atoms with E-state index in [2.05, 4.69) is 6.92 Å². The first-order valence-electron chi connectivity index (χ1n) is 10.3. The van der Waals surface area contributed by atoms with Crippen molar-refractivity contribution in [1.82, 2.24) is 0 Å². The maximum absolute atomic E-state index is 12.2. The lowest BCUT2D eigenvalue weighted by atomic mass is 9.92. The molecule has 0 heterocycles. The molecule has 2 aromatic rings. The van der Waals surface area contributed by atoms with Gasteiger partial charge in [-0.3, -0.25) is 0 Å². The minimum Gasteiger partial charge on any atom is -0.465 e. The normalized spacial score (nSPS) is 10.6. The molecular weight excluding hydrogens is 368 g/mol. The van der Waals surface area contributed by atoms with Gasteiger partial charge in [0.25, 0.3) is 0 Å². The third-order valence-electron chi connectivity index (χ3n) is 4.98. The van der Waals surface area contributed by atoms with E-state index >= 15 is 0 Å². The summed E-state index contributed by atoms with van der Waals surface area (Å²) in [7, 11) is 1.35. The standard InChI is InChI=1S/C24H30O5/c1-3-4-5-6-7-8-9-14-20-18(16-12-17-22(20)29-24(26)27)19-13-10-11-15-21(19)23(25)28-2/h10-13,15-17H,3-9,14H2,1-2H3,(H,26,27). The Morgan fingerprint density at radius 2 is 1.52 bits per heavy atom. The van der Waals surface area contributed by atoms with E-state index in [4.69, 9.17) is 14.6 Å². The topological polar surface area (TPSA) is 72.8 Å². The number of rotatable bonds is 11. The molecule has 0 aliphatic rings. The van der Waals surface area contributed by atoms with Crippen molar-refractivity contribution in [2.45, 2.75) is 58.3 Å². The molecule has 5 nitrogen and oxygen atoms in total. The minimum absolute atomic E-state index is 0.320. The number of hydrogen-bond donors (Lipinski definition) is 1. The number of unbranched alkanes of at least 4 members (excludes halogenated alkanes) is 6. The molecule has 29 heavy (non-hydrogen) atoms. The van der Waals surface area contributed by atoms with Gasteiger partial charge in [0, 0.05) is 5.56 Å². The van der Waals surface area contributed by atoms with Gasteiger partial charge in [0.15, 0.2) is 0 Å². The van der Waals surface area contributed by atoms with E-state index < -0.39 is 12.1 Å². The Balaban J connectivity index is 2.28. The van der Waals surface area contributed by atoms with Gasteiger partial charge in [0.05, 0.1) is 12.7 Å². The van der Waals surface area contributed by atoms with Gasteiger partial charge >= 0.3 is 12.1 Å². The molecule has 2 aromatic carbocycles. The highest BCUT2D eigenvalue weighted by atomic mass is 16.7. The van der Waals surface area contributed by atoms with Crippen molar-refractivity contribution in [3.05, 3.63) is 53.6 Å². The fourth-order valence-electron chi connectivity index (χ4n) is 3.53. The highest BCUT2D eigenvalue weighted by Gasteiger charge is 2.18. The largest absolute Gasteiger partial charge is 0.511 e. The van der Waals surface area contributed by atoms with Crippen LogP contribution < -0.4 is 4.74 Å². The molecule has 0 aliphatic carbocycles. The van der Waals surface area contributed by atoms with Gasteiger partial charge in [-0.2, -0.15) is 0 Å². The second-order valence-corrected chi connectivity index (χ2v) is 7.06. The average Bonchev–Trinajstić information content (AvgIpc) is 2.73. The zero-order valence-corrected chi connectivity index (χ0v) is 17.3. The van der Waals surface area contributed by atoms with Crippen molar-refractivity contribution in [2.75, 3.05) is 7.11 Å². The fraction of sp³-hybridized carbons (Fsp3) is 0.417. The first kappa shape index (κ1) is 22.5. The predicted molar refractivity (Wildman–Crippen MR) is 114 cm³/mol. The summed E-state index contributed by atoms with van der Waals surface area (Å²) in [6, 6.07) is 12.5. The van der Waals surface area contributed by atoms with E-state index in [1.807, 2.05) is 18.2 Å². The summed E-state index contributed by atoms with van der Waals surface area (Å²) in [5.74, 6) is -0.104. The van der Waals surface area contributed by atoms with Crippen molar-refractivity contribution in [1.29, 1.82) is 0 Å². The van der Waals surface area contributed by atoms with Crippen LogP contribution in [0.3, 0.4) is 0 Å². The number of ether oxygens (including phenoxy) is 2. The Labute approximate surface area is 172 Å². The summed E-state index contributed by atoms with van der Waals surface area (Å²) >= 11 is 0. The number of carboxylic acid groups (broad SMARTS) is 1. The first-order chi connectivity index (χ1) is 14.1. The SMILES string of the molecule is CCCCCCCCCc1c(OC(=O)O)cccc1-c1ccccc1C(=O)OC. The summed E-state index contributed by atoms with van der Waals surface area (Å²) in [5, 5.41) is 9.13. The molecule has 0 bridgehead atoms. The molecule has 0 amide bonds. The van der Waals surface area contributed by atoms with Crippen molar-refractivity contribution in [3.63, 3.8) is 0 Å². The van der Waals surface area contributed by atoms with Gasteiger partial charge in [-0.1, -0.05) is 75.8 Å². The van der Waals surface area contributed by atoms with Crippen molar-refractivity contribution in [3.8, 4) is 16.9 Å². The lowest BCUT2D eigenvalue weighted by Crippen LogP contribution is -2.08. The zero-order valence-electron chi connectivity index (χ0n) is 17.3. The lowest BCUT2D eigenvalue weighted by Gasteiger charge is -2.16. The maximum atomic E-state index is 12.2. The molecule has 1 N–H and O–H groups in total. The van der Waals surface area contributed by atoms with Gasteiger partial charge in [-0.15, -0.1) is 0 Å². The number of carbonyl (C=O) groups excluding carboxylic acids is 1. The molecule has 0 radical (unpaired) electrons. The van der Waals surface area contributed by atoms with Crippen molar-refractivity contribution >= 4 is 12.1 Å². The van der Waals surface area contributed by atoms with Crippen LogP contribution in [-0.4, -0.2) is 24.3 Å². The minimum atomic E-state index is -1.34. The number of benzene rings is 2. The average molecular weight is 398 g/mol. The molecular formula is C24H30O5. The van der Waals surface area contributed by atoms with Crippen molar-refractivity contribution < 1.29 is 24.2 Å². The first-order valence-corrected chi connectivity index (χ1v) is 10.3. The summed E-state index contributed by atoms with van der Waals surface area (Å²) < 4.78 is 9.96. The summed E-state index contributed by atoms with van der Waals surface area (Å²) in [6.07, 6.45) is 7.48. The van der Waals surface area contributed by atoms with E-state index in [-0.39, 0.29) is 0 Å². The van der Waals surface area contributed by atoms with Crippen LogP contribution in [0, 0.1) is 0 Å². The van der Waals surface area contributed by atoms with Crippen LogP contribution >= 0.6 is 0 Å². The number of hydrogen-bond acceptors (Lipinski definition) is 4. The van der Waals surface area contributed by atoms with E-state index in [0.29, 0.717) is 23.3 Å². The highest BCUT2D eigenvalue weighted by Crippen LogP contribution is 2.34. The Kier molecular flexibility index (Phi) is 9.22. The Morgan fingerprint density at radius 1 is 0.862 bits per heavy atom. The third-order valence-corrected chi connectivity index (χ3v) is 4.98. The number of carbonyl (C=O) groups is 2. The number of esters is 1. The van der Waals surface area contributed by atoms with Gasteiger partial charge in [0.1, 0.15) is 5.75 Å². The molecule has 0 spiro atoms. The second-order valence-electron chi connectivity index (χ2n) is 7.06. The lowest BCUT2D eigenvalue weighted by molar-refractivity contribution is 0.0601. The molecule has 0 saturated heterocycles. The van der Waals surface area contributed by atoms with Crippen LogP contribution in [0.4, 0.5) is 4.79 Å². The monoisotopic (exact) mass is 398 g/mol. The van der Waals surface area contributed by atoms with Gasteiger partial charge in [-0.05, 0) is 36.1 Å². The smallest absolute Gasteiger partial charge is 0.465 e. The molecule has 0 aliphatic heterocycles. The van der Waals surface area contributed by atoms with E-state index in [9.17, 15) is 9.59 Å². The molecule has 0 unspecified atom stereocenters. The van der Waals surface area contributed by atoms with Gasteiger partial charge in [-0.25, -0.2) is 9.59 Å². The maximum Gasteiger partial charge on any atom is 0.511 e. The van der Waals surface area contributed by atoms with Crippen LogP contribution in [0.1, 0.15) is 67.8 Å². The number of methoxy groups -OCH3 is 1. The quantitative estimate of drug-likeness (QED) is 0.266. The molecule has 156 valence electrons. The van der Waals surface area contributed by atoms with Crippen LogP contribution in [0.2, 0.25) is 0 Å². The van der Waals surface area contributed by atoms with Crippen LogP contribution in [0.25, 0.3) is 11.1 Å². The van der Waals surface area contributed by atoms with Crippen LogP contribution in [-0.2, 0) is 11.2 Å². The molecule has 0 atom stereocenters. The molecule has 0 saturated carbocycles. The van der Waals surface area contributed by atoms with Gasteiger partial charge in [0.2, 0.25) is 0 Å². The predicted octanol–water partition coefficient (Wildman–Crippen LogP) is 6.49. The molecule has 0 fully saturated rings. The summed E-state index contributed by atoms with van der Waals surface area (Å²) in [4.78, 5) is 23.4. The van der Waals surface area contributed by atoms with Gasteiger partial charge < -0.3 is 14.6 Å². The zero-order chi connectivity index (χ0) is 21.1. The van der Waals surface area contributed by atoms with E-state index in [1.54, 1.807) is 24.3 Å². The Hall–Kier alpha value is -2.82. The summed E-state index contributed by atoms with van der Waals surface area (Å²) in [6.45, 7) is 2.20. The summed E-state index contributed by atoms with van der Waals surface area (Å²) in [5.41, 5.74) is 2.77. The van der Waals surface area contributed by atoms with E-state index in [1.165, 1.54) is 32.8 Å². The third kappa shape index (κ3) is 6.63. The highest BCUT2D eigenvalue weighted by molar-refractivity contribution is 5.98. The fourth-order valence-corrected chi connectivity index (χ4v) is 3.53. The second kappa shape index (κ2) is 11.9. The Bertz CT molecular complexity index is 813. The van der Waals surface area contributed by atoms with Crippen LogP contribution in [0.15, 0.2) is 42.5 Å². The molecule has 2 rings (SSSR count). The van der Waals surface area contributed by atoms with Crippen molar-refractivity contribution in [2.24, 2.45) is 0 Å². The Morgan fingerprint density at radius 3 is 2.21 bits per heavy atom. The molecule has 0 aromatic heterocycles. The van der Waals surface area contributed by atoms with Crippen LogP contribution in [0.5, 0.6) is 5.75 Å². The van der Waals surface area contributed by atoms with E-state index in [0.717, 1.165) is 30.4 Å². The molecule has 5 heteroatoms.